The van der Waals surface area contributed by atoms with Crippen LogP contribution in [0.1, 0.15) is 49.8 Å². The highest BCUT2D eigenvalue weighted by Crippen LogP contribution is 2.46. The van der Waals surface area contributed by atoms with Crippen molar-refractivity contribution in [3.8, 4) is 11.5 Å². The molecule has 0 bridgehead atoms. The number of Topliss-reactive ketones (excluding diaryl/α,β-unsaturated/α-hetero) is 1. The van der Waals surface area contributed by atoms with Crippen LogP contribution in [0.2, 0.25) is 0 Å². The fraction of sp³-hybridized carbons (Fsp3) is 0.355. The number of benzene rings is 3. The first kappa shape index (κ1) is 24.9. The molecule has 3 atom stereocenters. The van der Waals surface area contributed by atoms with Gasteiger partial charge in [-0.3, -0.25) is 9.79 Å². The van der Waals surface area contributed by atoms with Crippen molar-refractivity contribution in [2.24, 2.45) is 10.9 Å². The van der Waals surface area contributed by atoms with E-state index in [-0.39, 0.29) is 23.7 Å². The lowest BCUT2D eigenvalue weighted by Gasteiger charge is -2.34. The maximum Gasteiger partial charge on any atom is 0.164 e. The lowest BCUT2D eigenvalue weighted by Crippen LogP contribution is -2.38. The number of ketones is 1. The lowest BCUT2D eigenvalue weighted by molar-refractivity contribution is -0.122. The largest absolute Gasteiger partial charge is 0.493 e. The molecule has 0 radical (unpaired) electrons. The minimum absolute atomic E-state index is 0.0245. The number of carbonyl (C=O) groups is 1. The van der Waals surface area contributed by atoms with Crippen LogP contribution in [0.5, 0.6) is 11.5 Å². The first-order valence-corrected chi connectivity index (χ1v) is 13.1. The monoisotopic (exact) mass is 497 g/mol. The van der Waals surface area contributed by atoms with E-state index in [0.717, 1.165) is 41.3 Å². The summed E-state index contributed by atoms with van der Waals surface area (Å²) in [7, 11) is 3.29. The fourth-order valence-electron chi connectivity index (χ4n) is 5.81. The number of para-hydroxylation sites is 3. The molecule has 0 saturated heterocycles. The molecule has 5 rings (SSSR count). The summed E-state index contributed by atoms with van der Waals surface area (Å²) in [6.45, 7) is 6.24. The van der Waals surface area contributed by atoms with Crippen LogP contribution in [-0.4, -0.2) is 38.8 Å². The molecule has 0 aromatic heterocycles. The third-order valence-corrected chi connectivity index (χ3v) is 7.68. The van der Waals surface area contributed by atoms with Gasteiger partial charge in [-0.2, -0.15) is 0 Å². The van der Waals surface area contributed by atoms with Crippen molar-refractivity contribution in [3.05, 3.63) is 77.9 Å². The minimum atomic E-state index is -0.334. The summed E-state index contributed by atoms with van der Waals surface area (Å²) < 4.78 is 11.3. The predicted octanol–water partition coefficient (Wildman–Crippen LogP) is 6.55. The first-order chi connectivity index (χ1) is 18.1. The van der Waals surface area contributed by atoms with Crippen LogP contribution < -0.4 is 19.7 Å². The topological polar surface area (TPSA) is 63.2 Å². The van der Waals surface area contributed by atoms with E-state index in [2.05, 4.69) is 48.3 Å². The molecule has 6 heteroatoms. The van der Waals surface area contributed by atoms with Gasteiger partial charge in [-0.15, -0.1) is 0 Å². The van der Waals surface area contributed by atoms with Gasteiger partial charge in [0.2, 0.25) is 0 Å². The standard InChI is InChI=1S/C31H35N3O3/c1-5-34(6-2)22-16-14-20(15-17-22)30-29-26(32-24-11-7-8-12-25(24)33-30)18-21(19-27(29)35)23-10-9-13-28(36-3)31(23)37-4/h7-17,21,29-30,33H,5-6,18-19H2,1-4H3. The molecular weight excluding hydrogens is 462 g/mol. The van der Waals surface area contributed by atoms with Crippen LogP contribution in [-0.2, 0) is 4.79 Å². The van der Waals surface area contributed by atoms with Crippen molar-refractivity contribution in [2.75, 3.05) is 37.5 Å². The molecule has 3 aromatic rings. The number of methoxy groups -OCH3 is 2. The van der Waals surface area contributed by atoms with Gasteiger partial charge in [-0.05, 0) is 62.1 Å². The molecule has 6 nitrogen and oxygen atoms in total. The number of ether oxygens (including phenoxy) is 2. The van der Waals surface area contributed by atoms with Crippen molar-refractivity contribution in [3.63, 3.8) is 0 Å². The van der Waals surface area contributed by atoms with Crippen LogP contribution in [0, 0.1) is 5.92 Å². The van der Waals surface area contributed by atoms with Crippen molar-refractivity contribution < 1.29 is 14.3 Å². The van der Waals surface area contributed by atoms with Crippen molar-refractivity contribution in [1.29, 1.82) is 0 Å². The number of fused-ring (bicyclic) bond motifs is 2. The summed E-state index contributed by atoms with van der Waals surface area (Å²) in [4.78, 5) is 21.3. The van der Waals surface area contributed by atoms with Gasteiger partial charge in [0, 0.05) is 36.5 Å². The number of carbonyl (C=O) groups excluding carboxylic acids is 1. The number of aliphatic imine (C=N–C) groups is 1. The molecule has 1 fully saturated rings. The van der Waals surface area contributed by atoms with E-state index in [0.29, 0.717) is 24.3 Å². The Morgan fingerprint density at radius 3 is 2.38 bits per heavy atom. The predicted molar refractivity (Wildman–Crippen MR) is 150 cm³/mol. The highest BCUT2D eigenvalue weighted by molar-refractivity contribution is 6.11. The van der Waals surface area contributed by atoms with E-state index >= 15 is 0 Å². The summed E-state index contributed by atoms with van der Waals surface area (Å²) in [6.07, 6.45) is 1.11. The van der Waals surface area contributed by atoms with Crippen LogP contribution in [0.25, 0.3) is 0 Å². The molecule has 1 saturated carbocycles. The molecule has 3 unspecified atom stereocenters. The summed E-state index contributed by atoms with van der Waals surface area (Å²) in [5.41, 5.74) is 6.01. The molecular formula is C31H35N3O3. The number of nitrogens with one attached hydrogen (secondary N) is 1. The lowest BCUT2D eigenvalue weighted by atomic mass is 9.72. The van der Waals surface area contributed by atoms with Crippen molar-refractivity contribution in [1.82, 2.24) is 0 Å². The van der Waals surface area contributed by atoms with Crippen LogP contribution in [0.15, 0.2) is 71.7 Å². The molecule has 192 valence electrons. The molecule has 0 spiro atoms. The molecule has 3 aromatic carbocycles. The fourth-order valence-corrected chi connectivity index (χ4v) is 5.81. The summed E-state index contributed by atoms with van der Waals surface area (Å²) in [5.74, 6) is 1.20. The Hall–Kier alpha value is -3.80. The number of nitrogens with zero attached hydrogens (tertiary/aromatic N) is 2. The second-order valence-corrected chi connectivity index (χ2v) is 9.64. The Kier molecular flexibility index (Phi) is 7.17. The number of hydrogen-bond acceptors (Lipinski definition) is 6. The maximum absolute atomic E-state index is 13.9. The zero-order valence-corrected chi connectivity index (χ0v) is 22.0. The molecule has 1 N–H and O–H groups in total. The van der Waals surface area contributed by atoms with E-state index in [4.69, 9.17) is 14.5 Å². The average Bonchev–Trinajstić information content (AvgIpc) is 3.10. The first-order valence-electron chi connectivity index (χ1n) is 13.1. The molecule has 37 heavy (non-hydrogen) atoms. The smallest absolute Gasteiger partial charge is 0.164 e. The van der Waals surface area contributed by atoms with Crippen molar-refractivity contribution >= 4 is 28.6 Å². The van der Waals surface area contributed by atoms with Crippen LogP contribution >= 0.6 is 0 Å². The van der Waals surface area contributed by atoms with Gasteiger partial charge in [-0.1, -0.05) is 36.4 Å². The summed E-state index contributed by atoms with van der Waals surface area (Å²) in [6, 6.07) is 22.4. The second kappa shape index (κ2) is 10.7. The highest BCUT2D eigenvalue weighted by atomic mass is 16.5. The zero-order valence-electron chi connectivity index (χ0n) is 22.0. The Morgan fingerprint density at radius 1 is 0.919 bits per heavy atom. The Labute approximate surface area is 219 Å². The Morgan fingerprint density at radius 2 is 1.68 bits per heavy atom. The Bertz CT molecular complexity index is 1300. The van der Waals surface area contributed by atoms with Gasteiger partial charge in [0.05, 0.1) is 37.6 Å². The van der Waals surface area contributed by atoms with Crippen LogP contribution in [0.4, 0.5) is 17.1 Å². The SMILES string of the molecule is CCN(CC)c1ccc(C2Nc3ccccc3N=C3CC(c4cccc(OC)c4OC)CC(=O)C32)cc1. The van der Waals surface area contributed by atoms with Crippen molar-refractivity contribution in [2.45, 2.75) is 38.6 Å². The van der Waals surface area contributed by atoms with E-state index in [1.807, 2.05) is 42.5 Å². The maximum atomic E-state index is 13.9. The number of anilines is 2. The number of hydrogen-bond donors (Lipinski definition) is 1. The van der Waals surface area contributed by atoms with Gasteiger partial charge in [0.25, 0.3) is 0 Å². The highest BCUT2D eigenvalue weighted by Gasteiger charge is 2.42. The average molecular weight is 498 g/mol. The van der Waals surface area contributed by atoms with Gasteiger partial charge >= 0.3 is 0 Å². The molecule has 1 aliphatic heterocycles. The van der Waals surface area contributed by atoms with Gasteiger partial charge in [0.1, 0.15) is 5.78 Å². The van der Waals surface area contributed by atoms with Gasteiger partial charge in [-0.25, -0.2) is 0 Å². The third-order valence-electron chi connectivity index (χ3n) is 7.68. The second-order valence-electron chi connectivity index (χ2n) is 9.64. The zero-order chi connectivity index (χ0) is 25.9. The van der Waals surface area contributed by atoms with Gasteiger partial charge in [0.15, 0.2) is 11.5 Å². The van der Waals surface area contributed by atoms with Gasteiger partial charge < -0.3 is 19.7 Å². The van der Waals surface area contributed by atoms with E-state index in [9.17, 15) is 4.79 Å². The van der Waals surface area contributed by atoms with Crippen LogP contribution in [0.3, 0.4) is 0 Å². The molecule has 1 aliphatic carbocycles. The normalized spacial score (nSPS) is 20.6. The third kappa shape index (κ3) is 4.68. The summed E-state index contributed by atoms with van der Waals surface area (Å²) in [5, 5.41) is 3.68. The molecule has 0 amide bonds. The molecule has 1 heterocycles. The van der Waals surface area contributed by atoms with E-state index in [1.165, 1.54) is 5.69 Å². The van der Waals surface area contributed by atoms with E-state index in [1.54, 1.807) is 14.2 Å². The quantitative estimate of drug-likeness (QED) is 0.401. The Balaban J connectivity index is 1.55. The summed E-state index contributed by atoms with van der Waals surface area (Å²) >= 11 is 0. The molecule has 2 aliphatic rings. The minimum Gasteiger partial charge on any atom is -0.493 e. The number of rotatable bonds is 7. The van der Waals surface area contributed by atoms with E-state index < -0.39 is 0 Å².